The van der Waals surface area contributed by atoms with E-state index in [2.05, 4.69) is 0 Å². The molecule has 4 aromatic rings. The van der Waals surface area contributed by atoms with Crippen molar-refractivity contribution >= 4 is 16.6 Å². The molecule has 0 aromatic heterocycles. The molecule has 47 heavy (non-hydrogen) atoms. The summed E-state index contributed by atoms with van der Waals surface area (Å²) in [7, 11) is 1.59. The van der Waals surface area contributed by atoms with E-state index >= 15 is 0 Å². The number of unbranched alkanes of at least 4 members (excludes halogenated alkanes) is 1. The summed E-state index contributed by atoms with van der Waals surface area (Å²) in [4.78, 5) is 12.9. The number of ether oxygens (including phenoxy) is 2. The second kappa shape index (κ2) is 16.2. The predicted molar refractivity (Wildman–Crippen MR) is 184 cm³/mol. The third-order valence-electron chi connectivity index (χ3n) is 8.82. The van der Waals surface area contributed by atoms with Crippen molar-refractivity contribution in [1.82, 2.24) is 0 Å². The molecule has 3 unspecified atom stereocenters. The number of allylic oxidation sites excluding steroid dienone is 3. The number of aromatic hydroxyl groups is 2. The van der Waals surface area contributed by atoms with Crippen LogP contribution in [-0.2, 0) is 24.2 Å². The van der Waals surface area contributed by atoms with Crippen molar-refractivity contribution in [2.45, 2.75) is 64.1 Å². The molecule has 4 aromatic carbocycles. The quantitative estimate of drug-likeness (QED) is 0.0918. The molecule has 3 atom stereocenters. The number of hydrogen-bond acceptors (Lipinski definition) is 7. The number of hydrogen-bond donors (Lipinski definition) is 4. The van der Waals surface area contributed by atoms with Crippen LogP contribution in [0.25, 0.3) is 10.8 Å². The van der Waals surface area contributed by atoms with Crippen molar-refractivity contribution in [3.8, 4) is 23.0 Å². The summed E-state index contributed by atoms with van der Waals surface area (Å²) < 4.78 is 11.6. The van der Waals surface area contributed by atoms with Gasteiger partial charge in [-0.15, -0.1) is 0 Å². The molecule has 4 N–H and O–H groups in total. The molecule has 5 rings (SSSR count). The third kappa shape index (κ3) is 9.87. The van der Waals surface area contributed by atoms with Gasteiger partial charge >= 0.3 is 0 Å². The number of phenolic OH excluding ortho intramolecular Hbond substituents is 2. The van der Waals surface area contributed by atoms with E-state index in [-0.39, 0.29) is 41.3 Å². The first kappa shape index (κ1) is 33.6. The lowest BCUT2D eigenvalue weighted by Gasteiger charge is -2.27. The molecule has 0 spiro atoms. The van der Waals surface area contributed by atoms with Crippen molar-refractivity contribution in [3.05, 3.63) is 120 Å². The maximum absolute atomic E-state index is 12.9. The lowest BCUT2D eigenvalue weighted by atomic mass is 9.80. The molecule has 1 aliphatic carbocycles. The number of carbonyl (C=O) groups excluding carboxylic acids is 1. The van der Waals surface area contributed by atoms with Crippen molar-refractivity contribution in [3.63, 3.8) is 0 Å². The highest BCUT2D eigenvalue weighted by molar-refractivity contribution is 5.84. The van der Waals surface area contributed by atoms with E-state index < -0.39 is 6.10 Å². The Morgan fingerprint density at radius 3 is 2.38 bits per heavy atom. The number of phenols is 2. The van der Waals surface area contributed by atoms with Gasteiger partial charge in [0.1, 0.15) is 29.6 Å². The molecule has 0 heterocycles. The van der Waals surface area contributed by atoms with Crippen LogP contribution in [-0.4, -0.2) is 39.4 Å². The highest BCUT2D eigenvalue weighted by Gasteiger charge is 2.25. The van der Waals surface area contributed by atoms with Gasteiger partial charge in [0.05, 0.1) is 13.2 Å². The molecule has 0 aliphatic heterocycles. The monoisotopic (exact) mass is 636 g/mol. The minimum Gasteiger partial charge on any atom is -0.508 e. The van der Waals surface area contributed by atoms with Crippen LogP contribution in [0.1, 0.15) is 55.2 Å². The Labute approximate surface area is 276 Å². The zero-order valence-electron chi connectivity index (χ0n) is 26.8. The van der Waals surface area contributed by atoms with Gasteiger partial charge in [-0.2, -0.15) is 0 Å². The number of fused-ring (bicyclic) bond motifs is 1. The fourth-order valence-electron chi connectivity index (χ4n) is 6.31. The molecule has 0 fully saturated rings. The van der Waals surface area contributed by atoms with Crippen LogP contribution in [0.15, 0.2) is 103 Å². The maximum Gasteiger partial charge on any atom is 0.161 e. The summed E-state index contributed by atoms with van der Waals surface area (Å²) in [5, 5.41) is 42.4. The summed E-state index contributed by atoms with van der Waals surface area (Å²) >= 11 is 0. The van der Waals surface area contributed by atoms with E-state index in [4.69, 9.17) is 9.47 Å². The smallest absolute Gasteiger partial charge is 0.161 e. The van der Waals surface area contributed by atoms with Gasteiger partial charge in [0.15, 0.2) is 11.5 Å². The van der Waals surface area contributed by atoms with Crippen molar-refractivity contribution < 1.29 is 34.7 Å². The van der Waals surface area contributed by atoms with Crippen LogP contribution in [0.2, 0.25) is 0 Å². The van der Waals surface area contributed by atoms with Crippen LogP contribution >= 0.6 is 0 Å². The summed E-state index contributed by atoms with van der Waals surface area (Å²) in [6, 6.07) is 24.2. The van der Waals surface area contributed by atoms with E-state index in [1.54, 1.807) is 43.5 Å². The number of aryl methyl sites for hydroxylation is 2. The Morgan fingerprint density at radius 2 is 1.55 bits per heavy atom. The number of Topliss-reactive ketones (excluding diaryl/α,β-unsaturated/α-hetero) is 1. The zero-order valence-corrected chi connectivity index (χ0v) is 26.8. The Kier molecular flexibility index (Phi) is 11.6. The van der Waals surface area contributed by atoms with Gasteiger partial charge in [0.2, 0.25) is 0 Å². The molecular formula is C40H44O7. The lowest BCUT2D eigenvalue weighted by Crippen LogP contribution is -2.23. The van der Waals surface area contributed by atoms with E-state index in [0.717, 1.165) is 53.1 Å². The summed E-state index contributed by atoms with van der Waals surface area (Å²) in [5.74, 6) is 2.03. The number of aliphatic hydroxyl groups excluding tert-OH is 2. The number of carbonyl (C=O) groups is 1. The number of methoxy groups -OCH3 is 1. The number of ketones is 1. The van der Waals surface area contributed by atoms with Gasteiger partial charge < -0.3 is 29.9 Å². The maximum atomic E-state index is 12.9. The van der Waals surface area contributed by atoms with Crippen LogP contribution in [0, 0.1) is 11.8 Å². The minimum absolute atomic E-state index is 0.0137. The van der Waals surface area contributed by atoms with E-state index in [1.807, 2.05) is 60.7 Å². The molecule has 0 saturated heterocycles. The molecule has 0 saturated carbocycles. The molecular weight excluding hydrogens is 592 g/mol. The van der Waals surface area contributed by atoms with Gasteiger partial charge in [0.25, 0.3) is 0 Å². The summed E-state index contributed by atoms with van der Waals surface area (Å²) in [6.07, 6.45) is 9.78. The Balaban J connectivity index is 1.09. The molecule has 0 radical (unpaired) electrons. The first-order valence-electron chi connectivity index (χ1n) is 16.3. The average molecular weight is 637 g/mol. The Bertz CT molecular complexity index is 1720. The normalized spacial score (nSPS) is 16.5. The van der Waals surface area contributed by atoms with Gasteiger partial charge in [-0.05, 0) is 126 Å². The second-order valence-corrected chi connectivity index (χ2v) is 12.5. The van der Waals surface area contributed by atoms with Gasteiger partial charge in [-0.25, -0.2) is 0 Å². The fourth-order valence-corrected chi connectivity index (χ4v) is 6.31. The van der Waals surface area contributed by atoms with Crippen LogP contribution < -0.4 is 9.47 Å². The lowest BCUT2D eigenvalue weighted by molar-refractivity contribution is -0.121. The molecule has 0 bridgehead atoms. The molecule has 246 valence electrons. The standard InChI is InChI=1S/C40H44O7/c1-46-39-18-11-28(21-40(39)47-26-29-9-12-32-22-35(42)17-14-31(32)19-29)10-15-37(44)25-38(45)24-33-23-36(43)16-13-30(33)7-3-2-5-27-6-4-8-34(41)20-27/h4,6,8-9,11-14,16-23,30,33,38,41-43,45H,2-3,5,7,10,15,24-26H2,1H3. The van der Waals surface area contributed by atoms with Crippen molar-refractivity contribution in [2.75, 3.05) is 7.11 Å². The van der Waals surface area contributed by atoms with Crippen LogP contribution in [0.5, 0.6) is 23.0 Å². The highest BCUT2D eigenvalue weighted by Crippen LogP contribution is 2.32. The second-order valence-electron chi connectivity index (χ2n) is 12.5. The minimum atomic E-state index is -0.793. The van der Waals surface area contributed by atoms with Crippen molar-refractivity contribution in [2.24, 2.45) is 11.8 Å². The van der Waals surface area contributed by atoms with Gasteiger partial charge in [-0.3, -0.25) is 4.79 Å². The van der Waals surface area contributed by atoms with Crippen molar-refractivity contribution in [1.29, 1.82) is 0 Å². The first-order chi connectivity index (χ1) is 22.7. The SMILES string of the molecule is COc1ccc(CCC(=O)CC(O)CC2C=C(O)C=CC2CCCCc2cccc(O)c2)cc1OCc1ccc2cc(O)ccc2c1. The largest absolute Gasteiger partial charge is 0.508 e. The summed E-state index contributed by atoms with van der Waals surface area (Å²) in [6.45, 7) is 0.334. The Hall–Kier alpha value is -4.75. The van der Waals surface area contributed by atoms with E-state index in [1.165, 1.54) is 0 Å². The molecule has 0 amide bonds. The van der Waals surface area contributed by atoms with Gasteiger partial charge in [0, 0.05) is 12.8 Å². The van der Waals surface area contributed by atoms with Crippen LogP contribution in [0.4, 0.5) is 0 Å². The fraction of sp³-hybridized carbons (Fsp3) is 0.325. The molecule has 1 aliphatic rings. The predicted octanol–water partition coefficient (Wildman–Crippen LogP) is 8.14. The number of aliphatic hydroxyl groups is 2. The topological polar surface area (TPSA) is 116 Å². The first-order valence-corrected chi connectivity index (χ1v) is 16.3. The Morgan fingerprint density at radius 1 is 0.787 bits per heavy atom. The van der Waals surface area contributed by atoms with E-state index in [9.17, 15) is 25.2 Å². The molecule has 7 nitrogen and oxygen atoms in total. The zero-order chi connectivity index (χ0) is 33.2. The average Bonchev–Trinajstić information content (AvgIpc) is 3.05. The molecule has 7 heteroatoms. The highest BCUT2D eigenvalue weighted by atomic mass is 16.5. The van der Waals surface area contributed by atoms with Gasteiger partial charge in [-0.1, -0.05) is 48.9 Å². The third-order valence-corrected chi connectivity index (χ3v) is 8.82. The summed E-state index contributed by atoms with van der Waals surface area (Å²) in [5.41, 5.74) is 3.02. The van der Waals surface area contributed by atoms with E-state index in [0.29, 0.717) is 37.4 Å². The number of benzene rings is 4. The number of rotatable bonds is 16. The van der Waals surface area contributed by atoms with Crippen LogP contribution in [0.3, 0.4) is 0 Å².